The molecule has 3 aromatic rings. The third-order valence-corrected chi connectivity index (χ3v) is 5.24. The van der Waals surface area contributed by atoms with E-state index < -0.39 is 18.0 Å². The topological polar surface area (TPSA) is 109 Å². The number of ether oxygens (including phenoxy) is 1. The zero-order valence-electron chi connectivity index (χ0n) is 17.4. The number of halogens is 3. The van der Waals surface area contributed by atoms with Crippen LogP contribution in [0.2, 0.25) is 0 Å². The second-order valence-corrected chi connectivity index (χ2v) is 7.57. The maximum absolute atomic E-state index is 12.6. The fourth-order valence-electron chi connectivity index (χ4n) is 3.71. The number of nitrogens with zero attached hydrogens (tertiary/aromatic N) is 5. The largest absolute Gasteiger partial charge is 0.573 e. The van der Waals surface area contributed by atoms with Gasteiger partial charge < -0.3 is 19.4 Å². The Kier molecular flexibility index (Phi) is 5.95. The number of hydrogen-bond acceptors (Lipinski definition) is 7. The number of aryl methyl sites for hydroxylation is 1. The van der Waals surface area contributed by atoms with Gasteiger partial charge in [-0.25, -0.2) is 4.98 Å². The van der Waals surface area contributed by atoms with Crippen molar-refractivity contribution in [3.05, 3.63) is 54.3 Å². The molecule has 0 saturated carbocycles. The van der Waals surface area contributed by atoms with Crippen LogP contribution in [0.4, 0.5) is 13.2 Å². The summed E-state index contributed by atoms with van der Waals surface area (Å²) in [5, 5.41) is 16.5. The van der Waals surface area contributed by atoms with E-state index in [4.69, 9.17) is 4.42 Å². The molecule has 33 heavy (non-hydrogen) atoms. The molecule has 2 atom stereocenters. The molecule has 1 amide bonds. The van der Waals surface area contributed by atoms with Crippen molar-refractivity contribution in [1.82, 2.24) is 25.0 Å². The lowest BCUT2D eigenvalue weighted by Crippen LogP contribution is -2.36. The Morgan fingerprint density at radius 1 is 1.39 bits per heavy atom. The van der Waals surface area contributed by atoms with E-state index in [9.17, 15) is 23.2 Å². The van der Waals surface area contributed by atoms with E-state index in [0.717, 1.165) is 17.8 Å². The van der Waals surface area contributed by atoms with Gasteiger partial charge in [-0.05, 0) is 31.5 Å². The third-order valence-electron chi connectivity index (χ3n) is 5.24. The maximum atomic E-state index is 12.6. The number of benzene rings is 1. The van der Waals surface area contributed by atoms with Crippen LogP contribution in [0.5, 0.6) is 5.75 Å². The van der Waals surface area contributed by atoms with E-state index in [1.54, 1.807) is 15.8 Å². The van der Waals surface area contributed by atoms with Crippen molar-refractivity contribution in [3.63, 3.8) is 0 Å². The average Bonchev–Trinajstić information content (AvgIpc) is 3.48. The van der Waals surface area contributed by atoms with Crippen LogP contribution < -0.4 is 10.1 Å². The number of aromatic nitrogens is 3. The van der Waals surface area contributed by atoms with Crippen molar-refractivity contribution in [3.8, 4) is 23.3 Å². The second kappa shape index (κ2) is 8.85. The fraction of sp³-hybridized carbons (Fsp3) is 0.333. The molecule has 1 fully saturated rings. The first-order chi connectivity index (χ1) is 15.7. The van der Waals surface area contributed by atoms with Gasteiger partial charge in [0.15, 0.2) is 12.0 Å². The molecule has 1 aliphatic rings. The minimum Gasteiger partial charge on any atom is -0.432 e. The maximum Gasteiger partial charge on any atom is 0.573 e. The van der Waals surface area contributed by atoms with Crippen LogP contribution in [-0.4, -0.2) is 50.6 Å². The monoisotopic (exact) mass is 460 g/mol. The molecule has 9 nitrogen and oxygen atoms in total. The quantitative estimate of drug-likeness (QED) is 0.563. The molecule has 12 heteroatoms. The molecule has 1 N–H and O–H groups in total. The lowest BCUT2D eigenvalue weighted by molar-refractivity contribution is -0.274. The van der Waals surface area contributed by atoms with Crippen molar-refractivity contribution < 1.29 is 27.1 Å². The van der Waals surface area contributed by atoms with E-state index in [2.05, 4.69) is 26.3 Å². The number of carbonyl (C=O) groups is 1. The average molecular weight is 460 g/mol. The Morgan fingerprint density at radius 3 is 2.91 bits per heavy atom. The van der Waals surface area contributed by atoms with Crippen LogP contribution in [-0.2, 0) is 6.54 Å². The summed E-state index contributed by atoms with van der Waals surface area (Å²) >= 11 is 0. The van der Waals surface area contributed by atoms with Crippen LogP contribution in [0, 0.1) is 18.4 Å². The SMILES string of the molecule is Cc1ccnn1C[C@@H]1C[C@@H](NC(=O)c2ncc(-c3cccc(OC(F)(F)F)c3)o2)CN1C#N. The molecular weight excluding hydrogens is 441 g/mol. The van der Waals surface area contributed by atoms with Gasteiger partial charge >= 0.3 is 12.3 Å². The summed E-state index contributed by atoms with van der Waals surface area (Å²) in [5.41, 5.74) is 1.24. The minimum atomic E-state index is -4.82. The molecule has 0 spiro atoms. The van der Waals surface area contributed by atoms with E-state index in [1.807, 2.05) is 13.0 Å². The van der Waals surface area contributed by atoms with Crippen molar-refractivity contribution in [2.75, 3.05) is 6.54 Å². The predicted octanol–water partition coefficient (Wildman–Crippen LogP) is 3.10. The van der Waals surface area contributed by atoms with Crippen molar-refractivity contribution in [2.24, 2.45) is 0 Å². The van der Waals surface area contributed by atoms with Gasteiger partial charge in [0, 0.05) is 30.0 Å². The summed E-state index contributed by atoms with van der Waals surface area (Å²) in [4.78, 5) is 18.1. The van der Waals surface area contributed by atoms with Gasteiger partial charge in [0.2, 0.25) is 0 Å². The van der Waals surface area contributed by atoms with Gasteiger partial charge in [-0.1, -0.05) is 12.1 Å². The zero-order chi connectivity index (χ0) is 23.6. The first kappa shape index (κ1) is 22.2. The number of amides is 1. The highest BCUT2D eigenvalue weighted by atomic mass is 19.4. The molecule has 1 aromatic carbocycles. The predicted molar refractivity (Wildman–Crippen MR) is 108 cm³/mol. The third kappa shape index (κ3) is 5.25. The van der Waals surface area contributed by atoms with Crippen LogP contribution >= 0.6 is 0 Å². The van der Waals surface area contributed by atoms with Crippen LogP contribution in [0.3, 0.4) is 0 Å². The smallest absolute Gasteiger partial charge is 0.432 e. The van der Waals surface area contributed by atoms with Gasteiger partial charge in [0.1, 0.15) is 5.75 Å². The second-order valence-electron chi connectivity index (χ2n) is 7.57. The first-order valence-corrected chi connectivity index (χ1v) is 9.99. The highest BCUT2D eigenvalue weighted by molar-refractivity contribution is 5.90. The van der Waals surface area contributed by atoms with Crippen molar-refractivity contribution in [1.29, 1.82) is 5.26 Å². The summed E-state index contributed by atoms with van der Waals surface area (Å²) in [6, 6.07) is 6.61. The molecule has 3 heterocycles. The van der Waals surface area contributed by atoms with Crippen LogP contribution in [0.15, 0.2) is 47.1 Å². The number of carbonyl (C=O) groups excluding carboxylic acids is 1. The lowest BCUT2D eigenvalue weighted by atomic mass is 10.1. The molecule has 0 radical (unpaired) electrons. The molecule has 172 valence electrons. The molecule has 4 rings (SSSR count). The molecular formula is C21H19F3N6O3. The number of likely N-dealkylation sites (tertiary alicyclic amines) is 1. The number of nitrogens with one attached hydrogen (secondary N) is 1. The Bertz CT molecular complexity index is 1180. The molecule has 1 aliphatic heterocycles. The molecule has 1 saturated heterocycles. The number of oxazole rings is 1. The summed E-state index contributed by atoms with van der Waals surface area (Å²) in [6.45, 7) is 2.76. The molecule has 0 unspecified atom stereocenters. The molecule has 0 bridgehead atoms. The van der Waals surface area contributed by atoms with E-state index in [-0.39, 0.29) is 29.3 Å². The van der Waals surface area contributed by atoms with Crippen LogP contribution in [0.25, 0.3) is 11.3 Å². The Balaban J connectivity index is 1.40. The number of alkyl halides is 3. The van der Waals surface area contributed by atoms with Crippen molar-refractivity contribution >= 4 is 5.91 Å². The highest BCUT2D eigenvalue weighted by Crippen LogP contribution is 2.28. The Morgan fingerprint density at radius 2 is 2.21 bits per heavy atom. The van der Waals surface area contributed by atoms with E-state index in [1.165, 1.54) is 18.3 Å². The lowest BCUT2D eigenvalue weighted by Gasteiger charge is -2.18. The first-order valence-electron chi connectivity index (χ1n) is 9.99. The summed E-state index contributed by atoms with van der Waals surface area (Å²) < 4.78 is 48.5. The van der Waals surface area contributed by atoms with E-state index >= 15 is 0 Å². The van der Waals surface area contributed by atoms with Crippen molar-refractivity contribution in [2.45, 2.75) is 38.3 Å². The number of hydrogen-bond donors (Lipinski definition) is 1. The highest BCUT2D eigenvalue weighted by Gasteiger charge is 2.34. The summed E-state index contributed by atoms with van der Waals surface area (Å²) in [6.07, 6.45) is 0.792. The minimum absolute atomic E-state index is 0.116. The fourth-order valence-corrected chi connectivity index (χ4v) is 3.71. The van der Waals surface area contributed by atoms with Gasteiger partial charge in [-0.3, -0.25) is 9.48 Å². The Labute approximate surface area is 186 Å². The number of rotatable bonds is 6. The van der Waals surface area contributed by atoms with Gasteiger partial charge in [0.25, 0.3) is 5.89 Å². The van der Waals surface area contributed by atoms with Gasteiger partial charge in [-0.15, -0.1) is 13.2 Å². The normalized spacial score (nSPS) is 18.2. The summed E-state index contributed by atoms with van der Waals surface area (Å²) in [7, 11) is 0. The molecule has 0 aliphatic carbocycles. The number of nitriles is 1. The van der Waals surface area contributed by atoms with Gasteiger partial charge in [0.05, 0.1) is 18.8 Å². The Hall–Kier alpha value is -4.01. The standard InChI is InChI=1S/C21H19F3N6O3/c1-13-5-6-27-30(13)11-16-8-15(10-29(16)12-25)28-19(31)20-26-9-18(32-20)14-3-2-4-17(7-14)33-21(22,23)24/h2-7,9,15-16H,8,10-11H2,1H3,(H,28,31)/t15-,16+/m1/s1. The summed E-state index contributed by atoms with van der Waals surface area (Å²) in [5.74, 6) is -1.11. The van der Waals surface area contributed by atoms with Crippen LogP contribution in [0.1, 0.15) is 22.8 Å². The van der Waals surface area contributed by atoms with E-state index in [0.29, 0.717) is 19.5 Å². The zero-order valence-corrected chi connectivity index (χ0v) is 17.4. The molecule has 2 aromatic heterocycles. The van der Waals surface area contributed by atoms with Gasteiger partial charge in [-0.2, -0.15) is 10.4 Å².